The summed E-state index contributed by atoms with van der Waals surface area (Å²) in [4.78, 5) is 14.2. The monoisotopic (exact) mass is 282 g/mol. The first-order valence-corrected chi connectivity index (χ1v) is 7.31. The molecule has 1 N–H and O–H groups in total. The summed E-state index contributed by atoms with van der Waals surface area (Å²) in [5.41, 5.74) is 0.798. The Labute approximate surface area is 120 Å². The molecule has 4 heteroatoms. The summed E-state index contributed by atoms with van der Waals surface area (Å²) in [6.07, 6.45) is 2.78. The molecule has 0 atom stereocenters. The molecule has 1 rings (SSSR count). The topological polar surface area (TPSA) is 32.3 Å². The van der Waals surface area contributed by atoms with Crippen molar-refractivity contribution in [2.24, 2.45) is 0 Å². The second kappa shape index (κ2) is 8.94. The number of carbonyl (C=O) groups excluding carboxylic acids is 1. The van der Waals surface area contributed by atoms with E-state index in [2.05, 4.69) is 24.1 Å². The van der Waals surface area contributed by atoms with Crippen LogP contribution in [0.15, 0.2) is 24.3 Å². The Bertz CT molecular complexity index is 372. The van der Waals surface area contributed by atoms with Gasteiger partial charge in [-0.3, -0.25) is 4.79 Å². The predicted octanol–water partition coefficient (Wildman–Crippen LogP) is 3.79. The summed E-state index contributed by atoms with van der Waals surface area (Å²) in [5, 5.41) is 3.56. The quantitative estimate of drug-likeness (QED) is 0.787. The van der Waals surface area contributed by atoms with Gasteiger partial charge in [-0.15, -0.1) is 0 Å². The third-order valence-electron chi connectivity index (χ3n) is 2.86. The van der Waals surface area contributed by atoms with E-state index in [1.165, 1.54) is 0 Å². The van der Waals surface area contributed by atoms with Gasteiger partial charge >= 0.3 is 0 Å². The van der Waals surface area contributed by atoms with Crippen molar-refractivity contribution in [1.82, 2.24) is 4.90 Å². The molecule has 1 aromatic carbocycles. The highest BCUT2D eigenvalue weighted by Crippen LogP contribution is 2.13. The van der Waals surface area contributed by atoms with Gasteiger partial charge in [0.1, 0.15) is 0 Å². The van der Waals surface area contributed by atoms with Crippen LogP contribution in [0.3, 0.4) is 0 Å². The van der Waals surface area contributed by atoms with Gasteiger partial charge < -0.3 is 10.2 Å². The van der Waals surface area contributed by atoms with Crippen molar-refractivity contribution in [3.8, 4) is 0 Å². The fraction of sp³-hybridized carbons (Fsp3) is 0.533. The van der Waals surface area contributed by atoms with Gasteiger partial charge in [-0.2, -0.15) is 0 Å². The number of rotatable bonds is 8. The van der Waals surface area contributed by atoms with E-state index in [4.69, 9.17) is 11.6 Å². The first-order valence-electron chi connectivity index (χ1n) is 6.93. The Morgan fingerprint density at radius 2 is 1.68 bits per heavy atom. The first-order chi connectivity index (χ1) is 9.15. The molecule has 1 aromatic rings. The Hall–Kier alpha value is -1.06. The minimum Gasteiger partial charge on any atom is -0.326 e. The van der Waals surface area contributed by atoms with E-state index in [-0.39, 0.29) is 5.91 Å². The molecule has 0 unspecified atom stereocenters. The second-order valence-corrected chi connectivity index (χ2v) is 5.08. The summed E-state index contributed by atoms with van der Waals surface area (Å²) in [5.74, 6) is 0.0551. The molecule has 1 amide bonds. The molecule has 0 aliphatic carbocycles. The Morgan fingerprint density at radius 3 is 2.21 bits per heavy atom. The van der Waals surface area contributed by atoms with Gasteiger partial charge in [0.05, 0.1) is 0 Å². The average Bonchev–Trinajstić information content (AvgIpc) is 2.39. The van der Waals surface area contributed by atoms with Gasteiger partial charge in [-0.1, -0.05) is 25.4 Å². The summed E-state index contributed by atoms with van der Waals surface area (Å²) >= 11 is 5.80. The van der Waals surface area contributed by atoms with Crippen molar-refractivity contribution in [2.75, 3.05) is 25.0 Å². The lowest BCUT2D eigenvalue weighted by molar-refractivity contribution is -0.116. The summed E-state index contributed by atoms with van der Waals surface area (Å²) < 4.78 is 0. The molecule has 106 valence electrons. The summed E-state index contributed by atoms with van der Waals surface area (Å²) in [7, 11) is 0. The molecule has 0 spiro atoms. The summed E-state index contributed by atoms with van der Waals surface area (Å²) in [6, 6.07) is 7.18. The van der Waals surface area contributed by atoms with E-state index in [0.29, 0.717) is 11.4 Å². The van der Waals surface area contributed by atoms with E-state index in [1.54, 1.807) is 12.1 Å². The van der Waals surface area contributed by atoms with E-state index >= 15 is 0 Å². The standard InChI is InChI=1S/C15H23ClN2O/c1-3-10-18(11-4-2)12-9-15(19)17-14-7-5-13(16)6-8-14/h5-8H,3-4,9-12H2,1-2H3,(H,17,19). The van der Waals surface area contributed by atoms with Crippen LogP contribution in [0.1, 0.15) is 33.1 Å². The van der Waals surface area contributed by atoms with Crippen LogP contribution in [0.4, 0.5) is 5.69 Å². The van der Waals surface area contributed by atoms with Crippen LogP contribution < -0.4 is 5.32 Å². The molecule has 0 aliphatic heterocycles. The van der Waals surface area contributed by atoms with E-state index in [9.17, 15) is 4.79 Å². The number of carbonyl (C=O) groups is 1. The van der Waals surface area contributed by atoms with E-state index in [0.717, 1.165) is 38.2 Å². The number of benzene rings is 1. The first kappa shape index (κ1) is 16.0. The van der Waals surface area contributed by atoms with Crippen LogP contribution in [0.5, 0.6) is 0 Å². The highest BCUT2D eigenvalue weighted by molar-refractivity contribution is 6.30. The van der Waals surface area contributed by atoms with Crippen LogP contribution in [0.25, 0.3) is 0 Å². The minimum absolute atomic E-state index is 0.0551. The van der Waals surface area contributed by atoms with Gasteiger partial charge in [-0.25, -0.2) is 0 Å². The number of anilines is 1. The maximum atomic E-state index is 11.8. The smallest absolute Gasteiger partial charge is 0.225 e. The average molecular weight is 283 g/mol. The number of hydrogen-bond acceptors (Lipinski definition) is 2. The molecule has 0 bridgehead atoms. The lowest BCUT2D eigenvalue weighted by Crippen LogP contribution is -2.29. The van der Waals surface area contributed by atoms with Crippen LogP contribution >= 0.6 is 11.6 Å². The fourth-order valence-electron chi connectivity index (χ4n) is 1.98. The molecule has 19 heavy (non-hydrogen) atoms. The Morgan fingerprint density at radius 1 is 1.11 bits per heavy atom. The highest BCUT2D eigenvalue weighted by atomic mass is 35.5. The van der Waals surface area contributed by atoms with Gasteiger partial charge in [0.15, 0.2) is 0 Å². The lowest BCUT2D eigenvalue weighted by atomic mass is 10.3. The molecule has 0 saturated carbocycles. The fourth-order valence-corrected chi connectivity index (χ4v) is 2.11. The molecule has 3 nitrogen and oxygen atoms in total. The third kappa shape index (κ3) is 6.60. The van der Waals surface area contributed by atoms with Gasteiger partial charge in [-0.05, 0) is 50.2 Å². The SMILES string of the molecule is CCCN(CCC)CCC(=O)Nc1ccc(Cl)cc1. The molecular formula is C15H23ClN2O. The van der Waals surface area contributed by atoms with Gasteiger partial charge in [0.25, 0.3) is 0 Å². The molecule has 0 aromatic heterocycles. The zero-order valence-electron chi connectivity index (χ0n) is 11.8. The van der Waals surface area contributed by atoms with E-state index < -0.39 is 0 Å². The van der Waals surface area contributed by atoms with Crippen molar-refractivity contribution in [1.29, 1.82) is 0 Å². The Kier molecular flexibility index (Phi) is 7.53. The van der Waals surface area contributed by atoms with Crippen molar-refractivity contribution in [3.05, 3.63) is 29.3 Å². The number of nitrogens with zero attached hydrogens (tertiary/aromatic N) is 1. The Balaban J connectivity index is 2.35. The second-order valence-electron chi connectivity index (χ2n) is 4.65. The molecule has 0 fully saturated rings. The van der Waals surface area contributed by atoms with Crippen LogP contribution in [-0.2, 0) is 4.79 Å². The number of halogens is 1. The largest absolute Gasteiger partial charge is 0.326 e. The number of nitrogens with one attached hydrogen (secondary N) is 1. The molecular weight excluding hydrogens is 260 g/mol. The predicted molar refractivity (Wildman–Crippen MR) is 81.7 cm³/mol. The third-order valence-corrected chi connectivity index (χ3v) is 3.11. The molecule has 0 heterocycles. The summed E-state index contributed by atoms with van der Waals surface area (Å²) in [6.45, 7) is 7.26. The number of hydrogen-bond donors (Lipinski definition) is 1. The minimum atomic E-state index is 0.0551. The lowest BCUT2D eigenvalue weighted by Gasteiger charge is -2.20. The molecule has 0 aliphatic rings. The molecule has 0 radical (unpaired) electrons. The zero-order valence-corrected chi connectivity index (χ0v) is 12.5. The van der Waals surface area contributed by atoms with Crippen LogP contribution in [0, 0.1) is 0 Å². The zero-order chi connectivity index (χ0) is 14.1. The molecule has 0 saturated heterocycles. The van der Waals surface area contributed by atoms with Crippen molar-refractivity contribution < 1.29 is 4.79 Å². The van der Waals surface area contributed by atoms with Gasteiger partial charge in [0.2, 0.25) is 5.91 Å². The maximum absolute atomic E-state index is 11.8. The van der Waals surface area contributed by atoms with Crippen LogP contribution in [-0.4, -0.2) is 30.4 Å². The van der Waals surface area contributed by atoms with Crippen molar-refractivity contribution in [2.45, 2.75) is 33.1 Å². The van der Waals surface area contributed by atoms with Crippen molar-refractivity contribution in [3.63, 3.8) is 0 Å². The normalized spacial score (nSPS) is 10.7. The van der Waals surface area contributed by atoms with Gasteiger partial charge in [0, 0.05) is 23.7 Å². The maximum Gasteiger partial charge on any atom is 0.225 e. The van der Waals surface area contributed by atoms with Crippen LogP contribution in [0.2, 0.25) is 5.02 Å². The highest BCUT2D eigenvalue weighted by Gasteiger charge is 2.07. The number of amides is 1. The van der Waals surface area contributed by atoms with E-state index in [1.807, 2.05) is 12.1 Å². The van der Waals surface area contributed by atoms with Crippen molar-refractivity contribution >= 4 is 23.2 Å².